The van der Waals surface area contributed by atoms with Crippen LogP contribution in [-0.2, 0) is 9.53 Å². The molecule has 5 nitrogen and oxygen atoms in total. The van der Waals surface area contributed by atoms with E-state index < -0.39 is 0 Å². The largest absolute Gasteiger partial charge is 0.506 e. The van der Waals surface area contributed by atoms with E-state index >= 15 is 0 Å². The fourth-order valence-corrected chi connectivity index (χ4v) is 1.77. The van der Waals surface area contributed by atoms with Crippen LogP contribution in [0, 0.1) is 0 Å². The number of ether oxygens (including phenoxy) is 1. The van der Waals surface area contributed by atoms with Crippen molar-refractivity contribution in [3.8, 4) is 5.75 Å². The molecule has 0 bridgehead atoms. The lowest BCUT2D eigenvalue weighted by atomic mass is 10.2. The highest BCUT2D eigenvalue weighted by molar-refractivity contribution is 5.69. The Morgan fingerprint density at radius 1 is 1.56 bits per heavy atom. The number of anilines is 2. The molecule has 0 saturated carbocycles. The van der Waals surface area contributed by atoms with Crippen LogP contribution in [0.3, 0.4) is 0 Å². The number of hydrogen-bond donors (Lipinski definition) is 2. The molecule has 1 aromatic carbocycles. The molecular weight excluding hydrogens is 208 g/mol. The Morgan fingerprint density at radius 3 is 3.06 bits per heavy atom. The highest BCUT2D eigenvalue weighted by Gasteiger charge is 2.22. The van der Waals surface area contributed by atoms with Crippen LogP contribution in [0.4, 0.5) is 11.4 Å². The van der Waals surface area contributed by atoms with E-state index in [0.29, 0.717) is 25.4 Å². The van der Waals surface area contributed by atoms with Gasteiger partial charge in [-0.3, -0.25) is 0 Å². The smallest absolute Gasteiger partial charge is 0.144 e. The molecule has 0 amide bonds. The Kier molecular flexibility index (Phi) is 2.96. The minimum Gasteiger partial charge on any atom is -0.506 e. The van der Waals surface area contributed by atoms with Crippen molar-refractivity contribution < 1.29 is 14.6 Å². The molecule has 1 atom stereocenters. The summed E-state index contributed by atoms with van der Waals surface area (Å²) in [5.41, 5.74) is 6.64. The second kappa shape index (κ2) is 4.40. The van der Waals surface area contributed by atoms with E-state index in [1.165, 1.54) is 0 Å². The van der Waals surface area contributed by atoms with E-state index in [4.69, 9.17) is 10.5 Å². The van der Waals surface area contributed by atoms with Gasteiger partial charge in [0.2, 0.25) is 0 Å². The number of nitrogens with zero attached hydrogens (tertiary/aromatic N) is 1. The number of rotatable bonds is 2. The maximum Gasteiger partial charge on any atom is 0.144 e. The number of aromatic hydroxyl groups is 1. The van der Waals surface area contributed by atoms with Gasteiger partial charge in [0, 0.05) is 18.3 Å². The molecule has 1 saturated heterocycles. The van der Waals surface area contributed by atoms with Gasteiger partial charge in [0.25, 0.3) is 0 Å². The molecule has 1 heterocycles. The molecule has 0 radical (unpaired) electrons. The zero-order valence-corrected chi connectivity index (χ0v) is 8.80. The van der Waals surface area contributed by atoms with E-state index in [-0.39, 0.29) is 11.8 Å². The first-order valence-electron chi connectivity index (χ1n) is 5.10. The summed E-state index contributed by atoms with van der Waals surface area (Å²) < 4.78 is 5.22. The Morgan fingerprint density at radius 2 is 2.38 bits per heavy atom. The zero-order chi connectivity index (χ0) is 11.5. The fraction of sp³-hybridized carbons (Fsp3) is 0.364. The number of carbonyl (C=O) groups is 1. The van der Waals surface area contributed by atoms with Gasteiger partial charge < -0.3 is 25.3 Å². The first-order chi connectivity index (χ1) is 7.72. The van der Waals surface area contributed by atoms with Crippen molar-refractivity contribution in [3.63, 3.8) is 0 Å². The van der Waals surface area contributed by atoms with Gasteiger partial charge in [-0.25, -0.2) is 0 Å². The van der Waals surface area contributed by atoms with Crippen LogP contribution >= 0.6 is 0 Å². The molecule has 5 heteroatoms. The first kappa shape index (κ1) is 10.8. The summed E-state index contributed by atoms with van der Waals surface area (Å²) in [7, 11) is 0. The number of carbonyl (C=O) groups excluding carboxylic acids is 1. The van der Waals surface area contributed by atoms with Crippen LogP contribution in [-0.4, -0.2) is 37.2 Å². The Bertz CT molecular complexity index is 395. The number of phenols is 1. The SMILES string of the molecule is Nc1ccc(N2CCOCC2C=O)cc1O. The summed E-state index contributed by atoms with van der Waals surface area (Å²) >= 11 is 0. The number of nitrogens with two attached hydrogens (primary N) is 1. The third-order valence-electron chi connectivity index (χ3n) is 2.67. The summed E-state index contributed by atoms with van der Waals surface area (Å²) in [5.74, 6) is 0.0358. The quantitative estimate of drug-likeness (QED) is 0.430. The molecule has 1 fully saturated rings. The van der Waals surface area contributed by atoms with Gasteiger partial charge >= 0.3 is 0 Å². The normalized spacial score (nSPS) is 20.8. The summed E-state index contributed by atoms with van der Waals surface area (Å²) in [6.45, 7) is 1.59. The summed E-state index contributed by atoms with van der Waals surface area (Å²) in [4.78, 5) is 12.8. The van der Waals surface area contributed by atoms with Crippen LogP contribution in [0.15, 0.2) is 18.2 Å². The van der Waals surface area contributed by atoms with Crippen LogP contribution < -0.4 is 10.6 Å². The molecular formula is C11H14N2O3. The molecule has 1 aromatic rings. The van der Waals surface area contributed by atoms with Crippen LogP contribution in [0.5, 0.6) is 5.75 Å². The highest BCUT2D eigenvalue weighted by atomic mass is 16.5. The van der Waals surface area contributed by atoms with Crippen molar-refractivity contribution in [2.24, 2.45) is 0 Å². The molecule has 0 aliphatic carbocycles. The first-order valence-corrected chi connectivity index (χ1v) is 5.10. The van der Waals surface area contributed by atoms with Crippen LogP contribution in [0.2, 0.25) is 0 Å². The molecule has 86 valence electrons. The number of hydrogen-bond acceptors (Lipinski definition) is 5. The molecule has 0 spiro atoms. The number of aldehydes is 1. The molecule has 3 N–H and O–H groups in total. The van der Waals surface area contributed by atoms with Crippen molar-refractivity contribution in [2.45, 2.75) is 6.04 Å². The Balaban J connectivity index is 2.27. The average molecular weight is 222 g/mol. The lowest BCUT2D eigenvalue weighted by Gasteiger charge is -2.34. The lowest BCUT2D eigenvalue weighted by molar-refractivity contribution is -0.111. The van der Waals surface area contributed by atoms with Crippen molar-refractivity contribution in [2.75, 3.05) is 30.4 Å². The van der Waals surface area contributed by atoms with E-state index in [0.717, 1.165) is 12.0 Å². The molecule has 16 heavy (non-hydrogen) atoms. The maximum absolute atomic E-state index is 10.9. The summed E-state index contributed by atoms with van der Waals surface area (Å²) in [6.07, 6.45) is 0.854. The summed E-state index contributed by atoms with van der Waals surface area (Å²) in [6, 6.07) is 4.69. The van der Waals surface area contributed by atoms with Gasteiger partial charge in [-0.15, -0.1) is 0 Å². The summed E-state index contributed by atoms with van der Waals surface area (Å²) in [5, 5.41) is 9.52. The van der Waals surface area contributed by atoms with Crippen molar-refractivity contribution in [3.05, 3.63) is 18.2 Å². The van der Waals surface area contributed by atoms with E-state index in [2.05, 4.69) is 0 Å². The van der Waals surface area contributed by atoms with E-state index in [1.54, 1.807) is 18.2 Å². The highest BCUT2D eigenvalue weighted by Crippen LogP contribution is 2.27. The molecule has 1 aliphatic heterocycles. The third kappa shape index (κ3) is 1.94. The topological polar surface area (TPSA) is 75.8 Å². The van der Waals surface area contributed by atoms with E-state index in [9.17, 15) is 9.90 Å². The maximum atomic E-state index is 10.9. The van der Waals surface area contributed by atoms with Gasteiger partial charge in [0.1, 0.15) is 18.1 Å². The van der Waals surface area contributed by atoms with Crippen LogP contribution in [0.1, 0.15) is 0 Å². The number of benzene rings is 1. The van der Waals surface area contributed by atoms with Crippen molar-refractivity contribution in [1.82, 2.24) is 0 Å². The average Bonchev–Trinajstić information content (AvgIpc) is 2.32. The van der Waals surface area contributed by atoms with Crippen molar-refractivity contribution >= 4 is 17.7 Å². The second-order valence-corrected chi connectivity index (χ2v) is 3.71. The van der Waals surface area contributed by atoms with Gasteiger partial charge in [-0.1, -0.05) is 0 Å². The van der Waals surface area contributed by atoms with E-state index in [1.807, 2.05) is 4.90 Å². The Labute approximate surface area is 93.4 Å². The van der Waals surface area contributed by atoms with Crippen LogP contribution in [0.25, 0.3) is 0 Å². The molecule has 1 aliphatic rings. The number of phenolic OH excluding ortho intramolecular Hbond substituents is 1. The molecule has 2 rings (SSSR count). The van der Waals surface area contributed by atoms with Gasteiger partial charge in [0.05, 0.1) is 18.9 Å². The minimum absolute atomic E-state index is 0.0358. The lowest BCUT2D eigenvalue weighted by Crippen LogP contribution is -2.46. The standard InChI is InChI=1S/C11H14N2O3/c12-10-2-1-8(5-11(10)15)13-3-4-16-7-9(13)6-14/h1-2,5-6,9,15H,3-4,7,12H2. The zero-order valence-electron chi connectivity index (χ0n) is 8.80. The number of nitrogen functional groups attached to an aromatic ring is 1. The predicted octanol–water partition coefficient (Wildman–Crippen LogP) is 0.378. The van der Waals surface area contributed by atoms with Gasteiger partial charge in [0.15, 0.2) is 0 Å². The predicted molar refractivity (Wildman–Crippen MR) is 60.5 cm³/mol. The minimum atomic E-state index is -0.295. The molecule has 1 unspecified atom stereocenters. The monoisotopic (exact) mass is 222 g/mol. The van der Waals surface area contributed by atoms with Crippen molar-refractivity contribution in [1.29, 1.82) is 0 Å². The second-order valence-electron chi connectivity index (χ2n) is 3.71. The molecule has 0 aromatic heterocycles. The third-order valence-corrected chi connectivity index (χ3v) is 2.67. The fourth-order valence-electron chi connectivity index (χ4n) is 1.77. The van der Waals surface area contributed by atoms with Gasteiger partial charge in [-0.2, -0.15) is 0 Å². The number of morpholine rings is 1. The Hall–Kier alpha value is -1.75. The van der Waals surface area contributed by atoms with Gasteiger partial charge in [-0.05, 0) is 12.1 Å².